The van der Waals surface area contributed by atoms with Crippen LogP contribution in [-0.2, 0) is 4.79 Å². The summed E-state index contributed by atoms with van der Waals surface area (Å²) >= 11 is 5.84. The molecule has 0 saturated carbocycles. The number of piperidine rings is 1. The molecule has 1 atom stereocenters. The van der Waals surface area contributed by atoms with Crippen LogP contribution in [0.3, 0.4) is 0 Å². The Bertz CT molecular complexity index is 462. The lowest BCUT2D eigenvalue weighted by molar-refractivity contribution is -0.139. The first-order valence-electron chi connectivity index (χ1n) is 6.35. The lowest BCUT2D eigenvalue weighted by Gasteiger charge is -2.36. The molecule has 0 spiro atoms. The van der Waals surface area contributed by atoms with Crippen molar-refractivity contribution in [1.29, 1.82) is 0 Å². The van der Waals surface area contributed by atoms with Crippen LogP contribution in [0.2, 0.25) is 5.02 Å². The fraction of sp³-hybridized carbons (Fsp3) is 0.500. The number of β-amino-alcohol motifs (C(OH)–C–C–N with tert-alkyl or cyclic N) is 1. The van der Waals surface area contributed by atoms with Gasteiger partial charge in [0.15, 0.2) is 6.61 Å². The molecule has 1 aromatic carbocycles. The number of amides is 1. The van der Waals surface area contributed by atoms with Crippen LogP contribution in [0.5, 0.6) is 5.75 Å². The van der Waals surface area contributed by atoms with Gasteiger partial charge in [-0.3, -0.25) is 4.79 Å². The number of ether oxygens (including phenoxy) is 1. The zero-order valence-electron chi connectivity index (χ0n) is 10.9. The van der Waals surface area contributed by atoms with Gasteiger partial charge in [-0.25, -0.2) is 0 Å². The van der Waals surface area contributed by atoms with Gasteiger partial charge in [0.2, 0.25) is 0 Å². The lowest BCUT2D eigenvalue weighted by Crippen LogP contribution is -2.49. The maximum Gasteiger partial charge on any atom is 0.260 e. The van der Waals surface area contributed by atoms with E-state index in [2.05, 4.69) is 0 Å². The molecule has 2 rings (SSSR count). The Morgan fingerprint density at radius 2 is 2.37 bits per heavy atom. The topological polar surface area (TPSA) is 49.8 Å². The molecule has 0 aromatic heterocycles. The summed E-state index contributed by atoms with van der Waals surface area (Å²) < 4.78 is 5.41. The van der Waals surface area contributed by atoms with Gasteiger partial charge in [0.1, 0.15) is 5.75 Å². The number of carbonyl (C=O) groups excluding carboxylic acids is 1. The van der Waals surface area contributed by atoms with Crippen molar-refractivity contribution in [2.45, 2.75) is 25.4 Å². The van der Waals surface area contributed by atoms with Crippen molar-refractivity contribution in [1.82, 2.24) is 4.90 Å². The predicted molar refractivity (Wildman–Crippen MR) is 73.4 cm³/mol. The van der Waals surface area contributed by atoms with Gasteiger partial charge >= 0.3 is 0 Å². The van der Waals surface area contributed by atoms with Gasteiger partial charge in [0.05, 0.1) is 5.60 Å². The molecular formula is C14H18ClNO3. The highest BCUT2D eigenvalue weighted by Crippen LogP contribution is 2.21. The van der Waals surface area contributed by atoms with Crippen LogP contribution in [-0.4, -0.2) is 41.2 Å². The van der Waals surface area contributed by atoms with Crippen LogP contribution in [0.4, 0.5) is 0 Å². The number of aliphatic hydroxyl groups is 1. The van der Waals surface area contributed by atoms with Gasteiger partial charge in [-0.2, -0.15) is 0 Å². The molecule has 1 unspecified atom stereocenters. The Labute approximate surface area is 117 Å². The van der Waals surface area contributed by atoms with Crippen LogP contribution in [0.15, 0.2) is 24.3 Å². The SMILES string of the molecule is CC1(O)CCCN(C(=O)COc2cccc(Cl)c2)C1. The summed E-state index contributed by atoms with van der Waals surface area (Å²) in [5.74, 6) is 0.463. The third kappa shape index (κ3) is 4.11. The third-order valence-corrected chi connectivity index (χ3v) is 3.42. The van der Waals surface area contributed by atoms with Crippen molar-refractivity contribution in [3.63, 3.8) is 0 Å². The second-order valence-electron chi connectivity index (χ2n) is 5.16. The fourth-order valence-corrected chi connectivity index (χ4v) is 2.41. The summed E-state index contributed by atoms with van der Waals surface area (Å²) in [4.78, 5) is 13.6. The number of nitrogens with zero attached hydrogens (tertiary/aromatic N) is 1. The fourth-order valence-electron chi connectivity index (χ4n) is 2.23. The molecule has 19 heavy (non-hydrogen) atoms. The highest BCUT2D eigenvalue weighted by atomic mass is 35.5. The normalized spacial score (nSPS) is 23.2. The summed E-state index contributed by atoms with van der Waals surface area (Å²) in [6, 6.07) is 6.94. The standard InChI is InChI=1S/C14H18ClNO3/c1-14(18)6-3-7-16(10-14)13(17)9-19-12-5-2-4-11(15)8-12/h2,4-5,8,18H,3,6-7,9-10H2,1H3. The van der Waals surface area contributed by atoms with Crippen molar-refractivity contribution in [2.24, 2.45) is 0 Å². The molecule has 0 aliphatic carbocycles. The first kappa shape index (κ1) is 14.2. The maximum absolute atomic E-state index is 12.0. The second-order valence-corrected chi connectivity index (χ2v) is 5.60. The summed E-state index contributed by atoms with van der Waals surface area (Å²) in [7, 11) is 0. The van der Waals surface area contributed by atoms with E-state index >= 15 is 0 Å². The van der Waals surface area contributed by atoms with Crippen molar-refractivity contribution >= 4 is 17.5 Å². The molecule has 1 aliphatic rings. The van der Waals surface area contributed by atoms with Crippen LogP contribution in [0, 0.1) is 0 Å². The van der Waals surface area contributed by atoms with Crippen LogP contribution >= 0.6 is 11.6 Å². The predicted octanol–water partition coefficient (Wildman–Crippen LogP) is 2.09. The molecule has 0 radical (unpaired) electrons. The number of hydrogen-bond acceptors (Lipinski definition) is 3. The number of benzene rings is 1. The molecule has 1 saturated heterocycles. The van der Waals surface area contributed by atoms with Crippen molar-refractivity contribution in [3.8, 4) is 5.75 Å². The zero-order chi connectivity index (χ0) is 13.9. The average Bonchev–Trinajstić information content (AvgIpc) is 2.35. The minimum atomic E-state index is -0.788. The number of likely N-dealkylation sites (tertiary alicyclic amines) is 1. The molecule has 104 valence electrons. The van der Waals surface area contributed by atoms with Gasteiger partial charge in [0.25, 0.3) is 5.91 Å². The Balaban J connectivity index is 1.87. The van der Waals surface area contributed by atoms with Gasteiger partial charge in [-0.05, 0) is 38.0 Å². The molecule has 4 nitrogen and oxygen atoms in total. The van der Waals surface area contributed by atoms with Gasteiger partial charge in [-0.1, -0.05) is 17.7 Å². The highest BCUT2D eigenvalue weighted by Gasteiger charge is 2.30. The van der Waals surface area contributed by atoms with E-state index < -0.39 is 5.60 Å². The molecular weight excluding hydrogens is 266 g/mol. The largest absolute Gasteiger partial charge is 0.484 e. The first-order valence-corrected chi connectivity index (χ1v) is 6.73. The van der Waals surface area contributed by atoms with E-state index in [4.69, 9.17) is 16.3 Å². The number of halogens is 1. The van der Waals surface area contributed by atoms with Crippen molar-refractivity contribution < 1.29 is 14.6 Å². The van der Waals surface area contributed by atoms with Crippen LogP contribution in [0.25, 0.3) is 0 Å². The van der Waals surface area contributed by atoms with Gasteiger partial charge in [-0.15, -0.1) is 0 Å². The molecule has 1 aliphatic heterocycles. The first-order chi connectivity index (χ1) is 8.96. The van der Waals surface area contributed by atoms with E-state index in [0.717, 1.165) is 12.8 Å². The number of rotatable bonds is 3. The minimum absolute atomic E-state index is 0.0313. The minimum Gasteiger partial charge on any atom is -0.484 e. The number of carbonyl (C=O) groups is 1. The smallest absolute Gasteiger partial charge is 0.260 e. The Hall–Kier alpha value is -1.26. The lowest BCUT2D eigenvalue weighted by atomic mass is 9.95. The Kier molecular flexibility index (Phi) is 4.32. The molecule has 0 bridgehead atoms. The van der Waals surface area contributed by atoms with Crippen LogP contribution in [0.1, 0.15) is 19.8 Å². The van der Waals surface area contributed by atoms with Crippen molar-refractivity contribution in [3.05, 3.63) is 29.3 Å². The molecule has 1 amide bonds. The van der Waals surface area contributed by atoms with Crippen molar-refractivity contribution in [2.75, 3.05) is 19.7 Å². The second kappa shape index (κ2) is 5.80. The van der Waals surface area contributed by atoms with E-state index in [0.29, 0.717) is 23.9 Å². The molecule has 1 N–H and O–H groups in total. The van der Waals surface area contributed by atoms with Gasteiger partial charge in [0, 0.05) is 18.1 Å². The van der Waals surface area contributed by atoms with E-state index in [1.807, 2.05) is 0 Å². The van der Waals surface area contributed by atoms with Gasteiger partial charge < -0.3 is 14.7 Å². The van der Waals surface area contributed by atoms with Crippen LogP contribution < -0.4 is 4.74 Å². The van der Waals surface area contributed by atoms with E-state index in [1.165, 1.54) is 0 Å². The molecule has 1 heterocycles. The Morgan fingerprint density at radius 3 is 3.05 bits per heavy atom. The monoisotopic (exact) mass is 283 g/mol. The highest BCUT2D eigenvalue weighted by molar-refractivity contribution is 6.30. The summed E-state index contributed by atoms with van der Waals surface area (Å²) in [6.45, 7) is 2.76. The summed E-state index contributed by atoms with van der Waals surface area (Å²) in [6.07, 6.45) is 1.54. The van der Waals surface area contributed by atoms with E-state index in [9.17, 15) is 9.90 Å². The zero-order valence-corrected chi connectivity index (χ0v) is 11.7. The Morgan fingerprint density at radius 1 is 1.58 bits per heavy atom. The molecule has 1 aromatic rings. The quantitative estimate of drug-likeness (QED) is 0.924. The van der Waals surface area contributed by atoms with E-state index in [1.54, 1.807) is 36.1 Å². The van der Waals surface area contributed by atoms with E-state index in [-0.39, 0.29) is 12.5 Å². The summed E-state index contributed by atoms with van der Waals surface area (Å²) in [5, 5.41) is 10.5. The number of hydrogen-bond donors (Lipinski definition) is 1. The third-order valence-electron chi connectivity index (χ3n) is 3.19. The molecule has 5 heteroatoms. The maximum atomic E-state index is 12.0. The summed E-state index contributed by atoms with van der Waals surface area (Å²) in [5.41, 5.74) is -0.788. The molecule has 1 fully saturated rings. The average molecular weight is 284 g/mol.